The second-order valence-corrected chi connectivity index (χ2v) is 11.7. The standard InChI is InChI=1S/C29H35ClF3NO3S/c30-27-11-10-22(26(27)20-38-25-9-3-8-24(19-25)29(31,32)33)6-1-4-21-5-2-7-23(18-21)28(35)37-17-14-34-12-15-36-16-13-34/h2-3,5,7-9,18-19,22,26-27H,1,4,6,10-17,20H2/t22-,26+,27?/m0/s1. The number of esters is 1. The highest BCUT2D eigenvalue weighted by Gasteiger charge is 2.35. The molecule has 0 spiro atoms. The van der Waals surface area contributed by atoms with Crippen LogP contribution < -0.4 is 0 Å². The summed E-state index contributed by atoms with van der Waals surface area (Å²) in [5.41, 5.74) is 1.06. The Hall–Kier alpha value is -1.74. The van der Waals surface area contributed by atoms with Crippen LogP contribution in [0.3, 0.4) is 0 Å². The van der Waals surface area contributed by atoms with Crippen LogP contribution in [0.2, 0.25) is 0 Å². The molecule has 0 amide bonds. The molecule has 38 heavy (non-hydrogen) atoms. The summed E-state index contributed by atoms with van der Waals surface area (Å²) in [6.45, 7) is 4.25. The van der Waals surface area contributed by atoms with Gasteiger partial charge in [-0.25, -0.2) is 4.79 Å². The van der Waals surface area contributed by atoms with E-state index in [0.717, 1.165) is 70.0 Å². The van der Waals surface area contributed by atoms with E-state index in [9.17, 15) is 18.0 Å². The molecule has 0 bridgehead atoms. The monoisotopic (exact) mass is 569 g/mol. The highest BCUT2D eigenvalue weighted by atomic mass is 35.5. The number of rotatable bonds is 11. The fraction of sp³-hybridized carbons (Fsp3) is 0.552. The minimum atomic E-state index is -4.33. The van der Waals surface area contributed by atoms with Crippen molar-refractivity contribution in [2.45, 2.75) is 48.6 Å². The molecule has 4 rings (SSSR count). The number of halogens is 4. The smallest absolute Gasteiger partial charge is 0.416 e. The Kier molecular flexibility index (Phi) is 10.8. The van der Waals surface area contributed by atoms with Crippen LogP contribution >= 0.6 is 23.4 Å². The van der Waals surface area contributed by atoms with Gasteiger partial charge < -0.3 is 9.47 Å². The van der Waals surface area contributed by atoms with Crippen molar-refractivity contribution >= 4 is 29.3 Å². The third kappa shape index (κ3) is 8.63. The number of ether oxygens (including phenoxy) is 2. The van der Waals surface area contributed by atoms with E-state index in [0.29, 0.717) is 35.3 Å². The van der Waals surface area contributed by atoms with Gasteiger partial charge in [-0.05, 0) is 79.8 Å². The zero-order valence-corrected chi connectivity index (χ0v) is 23.0. The maximum atomic E-state index is 13.0. The Labute approximate surface area is 232 Å². The van der Waals surface area contributed by atoms with E-state index in [1.54, 1.807) is 12.1 Å². The molecule has 1 aliphatic heterocycles. The average molecular weight is 570 g/mol. The number of carbonyl (C=O) groups is 1. The Morgan fingerprint density at radius 1 is 1.11 bits per heavy atom. The van der Waals surface area contributed by atoms with Crippen LogP contribution in [0.5, 0.6) is 0 Å². The van der Waals surface area contributed by atoms with Gasteiger partial charge in [-0.15, -0.1) is 23.4 Å². The molecule has 3 atom stereocenters. The number of carbonyl (C=O) groups excluding carboxylic acids is 1. The first-order valence-electron chi connectivity index (χ1n) is 13.3. The van der Waals surface area contributed by atoms with Crippen LogP contribution in [0.25, 0.3) is 0 Å². The molecule has 1 saturated heterocycles. The lowest BCUT2D eigenvalue weighted by Gasteiger charge is -2.26. The number of thioether (sulfide) groups is 1. The molecule has 0 aromatic heterocycles. The van der Waals surface area contributed by atoms with Crippen LogP contribution in [0, 0.1) is 11.8 Å². The molecule has 1 unspecified atom stereocenters. The molecule has 9 heteroatoms. The quantitative estimate of drug-likeness (QED) is 0.166. The first kappa shape index (κ1) is 29.2. The number of morpholine rings is 1. The number of alkyl halides is 4. The maximum absolute atomic E-state index is 13.0. The van der Waals surface area contributed by atoms with Gasteiger partial charge >= 0.3 is 12.1 Å². The van der Waals surface area contributed by atoms with Gasteiger partial charge in [0.2, 0.25) is 0 Å². The van der Waals surface area contributed by atoms with E-state index in [4.69, 9.17) is 21.1 Å². The molecule has 1 saturated carbocycles. The molecule has 0 N–H and O–H groups in total. The number of aryl methyl sites for hydroxylation is 1. The molecule has 2 aromatic carbocycles. The Balaban J connectivity index is 1.22. The van der Waals surface area contributed by atoms with Crippen molar-refractivity contribution in [2.24, 2.45) is 11.8 Å². The highest BCUT2D eigenvalue weighted by molar-refractivity contribution is 7.99. The van der Waals surface area contributed by atoms with Crippen molar-refractivity contribution in [1.82, 2.24) is 4.90 Å². The van der Waals surface area contributed by atoms with Crippen molar-refractivity contribution < 1.29 is 27.4 Å². The molecule has 208 valence electrons. The Bertz CT molecular complexity index is 1050. The number of nitrogens with zero attached hydrogens (tertiary/aromatic N) is 1. The zero-order chi connectivity index (χ0) is 27.0. The lowest BCUT2D eigenvalue weighted by Crippen LogP contribution is -2.38. The number of benzene rings is 2. The van der Waals surface area contributed by atoms with Gasteiger partial charge in [-0.3, -0.25) is 4.90 Å². The summed E-state index contributed by atoms with van der Waals surface area (Å²) >= 11 is 8.09. The van der Waals surface area contributed by atoms with Crippen molar-refractivity contribution in [3.8, 4) is 0 Å². The van der Waals surface area contributed by atoms with Gasteiger partial charge in [0.1, 0.15) is 6.61 Å². The molecule has 0 radical (unpaired) electrons. The summed E-state index contributed by atoms with van der Waals surface area (Å²) in [5.74, 6) is 1.13. The summed E-state index contributed by atoms with van der Waals surface area (Å²) in [5, 5.41) is 0.0499. The lowest BCUT2D eigenvalue weighted by atomic mass is 9.91. The molecule has 2 fully saturated rings. The molecule has 4 nitrogen and oxygen atoms in total. The Morgan fingerprint density at radius 3 is 2.68 bits per heavy atom. The first-order chi connectivity index (χ1) is 18.3. The maximum Gasteiger partial charge on any atom is 0.416 e. The molecule has 2 aromatic rings. The van der Waals surface area contributed by atoms with Crippen molar-refractivity contribution in [3.05, 3.63) is 65.2 Å². The SMILES string of the molecule is O=C(OCCN1CCOCC1)c1cccc(CCC[C@H]2CCC(Cl)[C@@H]2CSc2cccc(C(F)(F)F)c2)c1. The second kappa shape index (κ2) is 14.1. The van der Waals surface area contributed by atoms with Crippen LogP contribution in [-0.4, -0.2) is 61.5 Å². The van der Waals surface area contributed by atoms with Crippen LogP contribution in [0.1, 0.15) is 47.2 Å². The normalized spacial score (nSPS) is 22.5. The van der Waals surface area contributed by atoms with Gasteiger partial charge in [0, 0.05) is 35.7 Å². The molecule has 2 aliphatic rings. The van der Waals surface area contributed by atoms with Crippen molar-refractivity contribution in [2.75, 3.05) is 45.2 Å². The largest absolute Gasteiger partial charge is 0.461 e. The molecule has 1 heterocycles. The van der Waals surface area contributed by atoms with E-state index < -0.39 is 11.7 Å². The minimum absolute atomic E-state index is 0.0499. The topological polar surface area (TPSA) is 38.8 Å². The predicted octanol–water partition coefficient (Wildman–Crippen LogP) is 6.94. The van der Waals surface area contributed by atoms with E-state index in [-0.39, 0.29) is 17.3 Å². The molecular formula is C29H35ClF3NO3S. The minimum Gasteiger partial charge on any atom is -0.461 e. The van der Waals surface area contributed by atoms with E-state index >= 15 is 0 Å². The van der Waals surface area contributed by atoms with Crippen molar-refractivity contribution in [3.63, 3.8) is 0 Å². The highest BCUT2D eigenvalue weighted by Crippen LogP contribution is 2.42. The number of hydrogen-bond acceptors (Lipinski definition) is 5. The molecule has 1 aliphatic carbocycles. The molecular weight excluding hydrogens is 535 g/mol. The van der Waals surface area contributed by atoms with Crippen LogP contribution in [0.15, 0.2) is 53.4 Å². The summed E-state index contributed by atoms with van der Waals surface area (Å²) in [7, 11) is 0. The van der Waals surface area contributed by atoms with E-state index in [2.05, 4.69) is 4.90 Å². The fourth-order valence-corrected chi connectivity index (χ4v) is 7.05. The summed E-state index contributed by atoms with van der Waals surface area (Å²) in [6, 6.07) is 13.1. The summed E-state index contributed by atoms with van der Waals surface area (Å²) in [6.07, 6.45) is 0.466. The third-order valence-electron chi connectivity index (χ3n) is 7.43. The first-order valence-corrected chi connectivity index (χ1v) is 14.7. The fourth-order valence-electron chi connectivity index (χ4n) is 5.25. The van der Waals surface area contributed by atoms with Gasteiger partial charge in [0.05, 0.1) is 24.3 Å². The second-order valence-electron chi connectivity index (χ2n) is 10.0. The van der Waals surface area contributed by atoms with Gasteiger partial charge in [-0.1, -0.05) is 18.2 Å². The van der Waals surface area contributed by atoms with E-state index in [1.807, 2.05) is 18.2 Å². The Morgan fingerprint density at radius 2 is 1.89 bits per heavy atom. The van der Waals surface area contributed by atoms with Crippen LogP contribution in [0.4, 0.5) is 13.2 Å². The zero-order valence-electron chi connectivity index (χ0n) is 21.4. The average Bonchev–Trinajstić information content (AvgIpc) is 3.26. The van der Waals surface area contributed by atoms with Gasteiger partial charge in [0.15, 0.2) is 0 Å². The summed E-state index contributed by atoms with van der Waals surface area (Å²) < 4.78 is 50.0. The van der Waals surface area contributed by atoms with Crippen molar-refractivity contribution in [1.29, 1.82) is 0 Å². The van der Waals surface area contributed by atoms with Gasteiger partial charge in [-0.2, -0.15) is 13.2 Å². The number of hydrogen-bond donors (Lipinski definition) is 0. The predicted molar refractivity (Wildman–Crippen MR) is 145 cm³/mol. The van der Waals surface area contributed by atoms with Gasteiger partial charge in [0.25, 0.3) is 0 Å². The third-order valence-corrected chi connectivity index (χ3v) is 9.12. The lowest BCUT2D eigenvalue weighted by molar-refractivity contribution is -0.137. The van der Waals surface area contributed by atoms with E-state index in [1.165, 1.54) is 23.9 Å². The summed E-state index contributed by atoms with van der Waals surface area (Å²) in [4.78, 5) is 15.4. The van der Waals surface area contributed by atoms with Crippen LogP contribution in [-0.2, 0) is 22.1 Å².